The van der Waals surface area contributed by atoms with Crippen molar-refractivity contribution in [2.75, 3.05) is 14.1 Å². The van der Waals surface area contributed by atoms with Gasteiger partial charge in [-0.3, -0.25) is 0 Å². The first kappa shape index (κ1) is 31.4. The van der Waals surface area contributed by atoms with E-state index in [0.717, 1.165) is 29.9 Å². The van der Waals surface area contributed by atoms with Crippen molar-refractivity contribution in [2.24, 2.45) is 0 Å². The van der Waals surface area contributed by atoms with E-state index in [0.29, 0.717) is 0 Å². The molecule has 7 heteroatoms. The normalized spacial score (nSPS) is 16.0. The van der Waals surface area contributed by atoms with E-state index in [-0.39, 0.29) is 0 Å². The molecule has 4 rings (SSSR count). The fraction of sp³-hybridized carbons (Fsp3) is 0.206. The summed E-state index contributed by atoms with van der Waals surface area (Å²) >= 11 is 0. The van der Waals surface area contributed by atoms with E-state index >= 15 is 0 Å². The van der Waals surface area contributed by atoms with Crippen LogP contribution in [-0.2, 0) is 4.74 Å². The first-order valence-electron chi connectivity index (χ1n) is 13.8. The topological polar surface area (TPSA) is 12.2 Å². The van der Waals surface area contributed by atoms with Crippen LogP contribution in [0.15, 0.2) is 132 Å². The van der Waals surface area contributed by atoms with Crippen molar-refractivity contribution in [2.45, 2.75) is 32.6 Å². The summed E-state index contributed by atoms with van der Waals surface area (Å²) in [4.78, 5) is 0. The standard InChI is InChI=1S/C34H36NO.BF4/c1-4-5-8-17-30(20-13-14-27-21-23-32(24-22-27)35(2)3)34-26-31(28-15-9-6-10-16-28)25-33(36-34)29-18-11-7-12-19-29;2-1(3,4)5/h6-7,9-16,18-26H,4-5,8,17H2,1-3H3;/q+1;-1. The molecule has 0 spiro atoms. The smallest absolute Gasteiger partial charge is 0.456 e. The van der Waals surface area contributed by atoms with Crippen LogP contribution in [0.2, 0.25) is 0 Å². The Morgan fingerprint density at radius 2 is 1.39 bits per heavy atom. The van der Waals surface area contributed by atoms with Gasteiger partial charge in [-0.1, -0.05) is 98.7 Å². The van der Waals surface area contributed by atoms with E-state index in [2.05, 4.69) is 135 Å². The Kier molecular flexibility index (Phi) is 12.0. The van der Waals surface area contributed by atoms with Gasteiger partial charge in [-0.05, 0) is 59.4 Å². The highest BCUT2D eigenvalue weighted by Crippen LogP contribution is 2.34. The third kappa shape index (κ3) is 11.1. The minimum Gasteiger partial charge on any atom is -0.456 e. The summed E-state index contributed by atoms with van der Waals surface area (Å²) in [5.41, 5.74) is 7.05. The monoisotopic (exact) mass is 561 g/mol. The number of unbranched alkanes of at least 4 members (excludes halogenated alkanes) is 2. The molecule has 0 unspecified atom stereocenters. The van der Waals surface area contributed by atoms with Gasteiger partial charge in [-0.25, -0.2) is 4.58 Å². The van der Waals surface area contributed by atoms with Gasteiger partial charge in [0.05, 0.1) is 0 Å². The van der Waals surface area contributed by atoms with Crippen molar-refractivity contribution < 1.29 is 26.6 Å². The van der Waals surface area contributed by atoms with Gasteiger partial charge in [-0.2, -0.15) is 0 Å². The Labute approximate surface area is 240 Å². The van der Waals surface area contributed by atoms with Gasteiger partial charge in [0.1, 0.15) is 25.6 Å². The fourth-order valence-electron chi connectivity index (χ4n) is 4.21. The van der Waals surface area contributed by atoms with Crippen molar-refractivity contribution >= 4 is 24.3 Å². The highest BCUT2D eigenvalue weighted by atomic mass is 19.5. The van der Waals surface area contributed by atoms with Crippen LogP contribution in [0.1, 0.15) is 43.7 Å². The van der Waals surface area contributed by atoms with Gasteiger partial charge in [0.2, 0.25) is 0 Å². The van der Waals surface area contributed by atoms with Crippen LogP contribution < -0.4 is 0 Å². The molecule has 0 saturated heterocycles. The molecule has 0 radical (unpaired) electrons. The highest BCUT2D eigenvalue weighted by molar-refractivity contribution is 6.50. The largest absolute Gasteiger partial charge is 0.673 e. The summed E-state index contributed by atoms with van der Waals surface area (Å²) in [6, 6.07) is 20.9. The average Bonchev–Trinajstić information content (AvgIpc) is 2.96. The van der Waals surface area contributed by atoms with Crippen molar-refractivity contribution in [1.82, 2.24) is 0 Å². The molecule has 2 nitrogen and oxygen atoms in total. The third-order valence-corrected chi connectivity index (χ3v) is 6.32. The van der Waals surface area contributed by atoms with Crippen LogP contribution in [0.5, 0.6) is 0 Å². The quantitative estimate of drug-likeness (QED) is 0.135. The number of ether oxygens (including phenoxy) is 1. The van der Waals surface area contributed by atoms with Crippen LogP contribution in [0.25, 0.3) is 11.3 Å². The summed E-state index contributed by atoms with van der Waals surface area (Å²) in [7, 11) is -1.88. The van der Waals surface area contributed by atoms with Crippen molar-refractivity contribution in [3.63, 3.8) is 0 Å². The number of hydrogen-bond donors (Lipinski definition) is 0. The summed E-state index contributed by atoms with van der Waals surface area (Å²) in [6.07, 6.45) is 24.0. The molecule has 41 heavy (non-hydrogen) atoms. The molecule has 0 saturated carbocycles. The molecule has 0 N–H and O–H groups in total. The molecule has 2 aliphatic rings. The van der Waals surface area contributed by atoms with Crippen LogP contribution in [0, 0.1) is 0 Å². The predicted molar refractivity (Wildman–Crippen MR) is 164 cm³/mol. The molecule has 1 aliphatic heterocycles. The summed E-state index contributed by atoms with van der Waals surface area (Å²) in [5.74, 6) is 1.82. The van der Waals surface area contributed by atoms with E-state index in [9.17, 15) is 17.3 Å². The first-order valence-corrected chi connectivity index (χ1v) is 13.8. The van der Waals surface area contributed by atoms with Gasteiger partial charge >= 0.3 is 7.25 Å². The zero-order valence-corrected chi connectivity index (χ0v) is 23.7. The minimum atomic E-state index is -6.00. The molecule has 2 aromatic carbocycles. The lowest BCUT2D eigenvalue weighted by Crippen LogP contribution is -2.09. The second kappa shape index (κ2) is 15.6. The molecule has 0 amide bonds. The Bertz CT molecular complexity index is 1380. The lowest BCUT2D eigenvalue weighted by molar-refractivity contribution is -0.462. The van der Waals surface area contributed by atoms with Gasteiger partial charge in [-0.15, -0.1) is 0 Å². The number of nitrogens with zero attached hydrogens (tertiary/aromatic N) is 1. The SMILES string of the molecule is CCCCCC(C=CC=C1C=CC(=[N+](C)C)C=C1)=C1C=C(c2ccccc2)C=C(c2ccccc2)O1.F[B-](F)(F)F. The lowest BCUT2D eigenvalue weighted by atomic mass is 9.97. The Hall–Kier alpha value is -4.13. The second-order valence-corrected chi connectivity index (χ2v) is 9.80. The number of allylic oxidation sites excluding steroid dienone is 12. The van der Waals surface area contributed by atoms with E-state index in [1.54, 1.807) is 0 Å². The lowest BCUT2D eigenvalue weighted by Gasteiger charge is -2.21. The maximum atomic E-state index is 9.75. The second-order valence-electron chi connectivity index (χ2n) is 9.80. The maximum Gasteiger partial charge on any atom is 0.673 e. The molecule has 1 heterocycles. The molecule has 0 aromatic heterocycles. The molecule has 0 bridgehead atoms. The Morgan fingerprint density at radius 3 is 1.95 bits per heavy atom. The van der Waals surface area contributed by atoms with Crippen LogP contribution in [0.4, 0.5) is 17.3 Å². The molecular formula is C34H36BF4NO. The highest BCUT2D eigenvalue weighted by Gasteiger charge is 2.20. The van der Waals surface area contributed by atoms with E-state index in [4.69, 9.17) is 4.74 Å². The molecule has 0 atom stereocenters. The third-order valence-electron chi connectivity index (χ3n) is 6.32. The van der Waals surface area contributed by atoms with Crippen molar-refractivity contribution in [1.29, 1.82) is 0 Å². The molecule has 0 fully saturated rings. The van der Waals surface area contributed by atoms with Gasteiger partial charge in [0.25, 0.3) is 0 Å². The molecular weight excluding hydrogens is 525 g/mol. The van der Waals surface area contributed by atoms with Gasteiger partial charge < -0.3 is 22.0 Å². The van der Waals surface area contributed by atoms with Crippen LogP contribution in [-0.4, -0.2) is 31.6 Å². The summed E-state index contributed by atoms with van der Waals surface area (Å²) < 4.78 is 47.7. The minimum absolute atomic E-state index is 0.886. The Balaban J connectivity index is 0.000000850. The zero-order chi connectivity index (χ0) is 29.7. The van der Waals surface area contributed by atoms with Crippen molar-refractivity contribution in [3.8, 4) is 0 Å². The Morgan fingerprint density at radius 1 is 0.805 bits per heavy atom. The first-order chi connectivity index (χ1) is 19.6. The number of benzene rings is 2. The average molecular weight is 561 g/mol. The van der Waals surface area contributed by atoms with E-state index in [1.807, 2.05) is 6.07 Å². The number of halogens is 4. The number of rotatable bonds is 8. The van der Waals surface area contributed by atoms with Crippen LogP contribution >= 0.6 is 0 Å². The fourth-order valence-corrected chi connectivity index (χ4v) is 4.21. The van der Waals surface area contributed by atoms with Crippen molar-refractivity contribution in [3.05, 3.63) is 143 Å². The molecule has 214 valence electrons. The number of hydrogen-bond acceptors (Lipinski definition) is 1. The predicted octanol–water partition coefficient (Wildman–Crippen LogP) is 9.60. The molecule has 1 aliphatic carbocycles. The van der Waals surface area contributed by atoms with E-state index < -0.39 is 7.25 Å². The van der Waals surface area contributed by atoms with Gasteiger partial charge in [0.15, 0.2) is 5.71 Å². The summed E-state index contributed by atoms with van der Waals surface area (Å²) in [6.45, 7) is 2.24. The summed E-state index contributed by atoms with van der Waals surface area (Å²) in [5, 5.41) is 0. The van der Waals surface area contributed by atoms with E-state index in [1.165, 1.54) is 40.8 Å². The van der Waals surface area contributed by atoms with Crippen LogP contribution in [0.3, 0.4) is 0 Å². The zero-order valence-electron chi connectivity index (χ0n) is 23.7. The maximum absolute atomic E-state index is 9.75. The van der Waals surface area contributed by atoms with Gasteiger partial charge in [0, 0.05) is 17.7 Å². The molecule has 2 aromatic rings.